The zero-order valence-corrected chi connectivity index (χ0v) is 10.1. The van der Waals surface area contributed by atoms with Gasteiger partial charge in [0.2, 0.25) is 12.2 Å². The van der Waals surface area contributed by atoms with Gasteiger partial charge in [0, 0.05) is 11.1 Å². The summed E-state index contributed by atoms with van der Waals surface area (Å²) in [5.41, 5.74) is 1.21. The van der Waals surface area contributed by atoms with Crippen LogP contribution in [-0.2, 0) is 6.42 Å². The Morgan fingerprint density at radius 3 is 2.78 bits per heavy atom. The van der Waals surface area contributed by atoms with Crippen LogP contribution in [0, 0.1) is 0 Å². The summed E-state index contributed by atoms with van der Waals surface area (Å²) >= 11 is 0. The van der Waals surface area contributed by atoms with Crippen LogP contribution < -0.4 is 0 Å². The lowest BCUT2D eigenvalue weighted by molar-refractivity contribution is 0.152. The Hall–Kier alpha value is -1.78. The fourth-order valence-corrected chi connectivity index (χ4v) is 1.82. The van der Waals surface area contributed by atoms with Gasteiger partial charge < -0.3 is 4.52 Å². The fourth-order valence-electron chi connectivity index (χ4n) is 1.82. The molecular formula is C13H14F2N2O. The summed E-state index contributed by atoms with van der Waals surface area (Å²) in [7, 11) is 0. The first-order valence-electron chi connectivity index (χ1n) is 5.90. The molecule has 0 aliphatic heterocycles. The van der Waals surface area contributed by atoms with Gasteiger partial charge in [-0.1, -0.05) is 30.6 Å². The Morgan fingerprint density at radius 1 is 1.33 bits per heavy atom. The van der Waals surface area contributed by atoms with E-state index in [1.807, 2.05) is 6.07 Å². The number of benzene rings is 1. The standard InChI is InChI=1S/C13H14F2N2O/c1-2-3-4-9-5-6-10(11(7-9)12(14)15)13-16-8-18-17-13/h5-8,12H,2-4H2,1H3. The van der Waals surface area contributed by atoms with Crippen molar-refractivity contribution in [3.8, 4) is 11.4 Å². The molecule has 1 heterocycles. The Labute approximate surface area is 104 Å². The summed E-state index contributed by atoms with van der Waals surface area (Å²) in [5.74, 6) is 0.201. The summed E-state index contributed by atoms with van der Waals surface area (Å²) in [4.78, 5) is 3.81. The van der Waals surface area contributed by atoms with Gasteiger partial charge in [0.25, 0.3) is 6.43 Å². The molecular weight excluding hydrogens is 238 g/mol. The molecule has 0 unspecified atom stereocenters. The minimum absolute atomic E-state index is 0.0370. The number of nitrogens with zero attached hydrogens (tertiary/aromatic N) is 2. The van der Waals surface area contributed by atoms with Gasteiger partial charge >= 0.3 is 0 Å². The van der Waals surface area contributed by atoms with Crippen LogP contribution in [0.15, 0.2) is 29.1 Å². The van der Waals surface area contributed by atoms with Crippen molar-refractivity contribution in [1.82, 2.24) is 10.1 Å². The second-order valence-electron chi connectivity index (χ2n) is 4.08. The van der Waals surface area contributed by atoms with E-state index >= 15 is 0 Å². The van der Waals surface area contributed by atoms with Crippen molar-refractivity contribution < 1.29 is 13.3 Å². The topological polar surface area (TPSA) is 38.9 Å². The molecule has 0 aliphatic carbocycles. The van der Waals surface area contributed by atoms with E-state index in [0.717, 1.165) is 31.2 Å². The Kier molecular flexibility index (Phi) is 4.02. The molecule has 3 nitrogen and oxygen atoms in total. The summed E-state index contributed by atoms with van der Waals surface area (Å²) in [5, 5.41) is 3.60. The molecule has 18 heavy (non-hydrogen) atoms. The highest BCUT2D eigenvalue weighted by molar-refractivity contribution is 5.60. The second-order valence-corrected chi connectivity index (χ2v) is 4.08. The number of aromatic nitrogens is 2. The molecule has 0 aliphatic rings. The summed E-state index contributed by atoms with van der Waals surface area (Å²) in [6.45, 7) is 2.07. The maximum absolute atomic E-state index is 13.0. The number of hydrogen-bond acceptors (Lipinski definition) is 3. The zero-order valence-electron chi connectivity index (χ0n) is 10.1. The van der Waals surface area contributed by atoms with Crippen LogP contribution in [0.25, 0.3) is 11.4 Å². The third-order valence-corrected chi connectivity index (χ3v) is 2.77. The van der Waals surface area contributed by atoms with E-state index in [1.165, 1.54) is 6.07 Å². The highest BCUT2D eigenvalue weighted by Gasteiger charge is 2.17. The Bertz CT molecular complexity index is 498. The zero-order chi connectivity index (χ0) is 13.0. The third-order valence-electron chi connectivity index (χ3n) is 2.77. The molecule has 96 valence electrons. The molecule has 0 N–H and O–H groups in total. The Balaban J connectivity index is 2.36. The fraction of sp³-hybridized carbons (Fsp3) is 0.385. The van der Waals surface area contributed by atoms with Gasteiger partial charge in [0.05, 0.1) is 0 Å². The van der Waals surface area contributed by atoms with Crippen molar-refractivity contribution in [1.29, 1.82) is 0 Å². The quantitative estimate of drug-likeness (QED) is 0.806. The molecule has 0 fully saturated rings. The number of aryl methyl sites for hydroxylation is 1. The van der Waals surface area contributed by atoms with E-state index in [0.29, 0.717) is 5.56 Å². The molecule has 0 radical (unpaired) electrons. The van der Waals surface area contributed by atoms with Crippen LogP contribution in [0.4, 0.5) is 8.78 Å². The van der Waals surface area contributed by atoms with Gasteiger partial charge in [-0.25, -0.2) is 8.78 Å². The normalized spacial score (nSPS) is 11.1. The van der Waals surface area contributed by atoms with Crippen molar-refractivity contribution in [2.75, 3.05) is 0 Å². The van der Waals surface area contributed by atoms with Gasteiger partial charge in [-0.2, -0.15) is 4.98 Å². The van der Waals surface area contributed by atoms with Gasteiger partial charge in [0.15, 0.2) is 0 Å². The predicted octanol–water partition coefficient (Wildman–Crippen LogP) is 4.02. The monoisotopic (exact) mass is 252 g/mol. The van der Waals surface area contributed by atoms with E-state index in [9.17, 15) is 8.78 Å². The van der Waals surface area contributed by atoms with Gasteiger partial charge in [-0.05, 0) is 24.5 Å². The smallest absolute Gasteiger partial charge is 0.264 e. The van der Waals surface area contributed by atoms with Crippen molar-refractivity contribution in [2.45, 2.75) is 32.6 Å². The van der Waals surface area contributed by atoms with Crippen LogP contribution in [0.1, 0.15) is 37.3 Å². The molecule has 2 aromatic rings. The van der Waals surface area contributed by atoms with Crippen molar-refractivity contribution in [2.24, 2.45) is 0 Å². The lowest BCUT2D eigenvalue weighted by atomic mass is 10.0. The summed E-state index contributed by atoms with van der Waals surface area (Å²) < 4.78 is 30.7. The van der Waals surface area contributed by atoms with Crippen LogP contribution in [0.3, 0.4) is 0 Å². The number of halogens is 2. The van der Waals surface area contributed by atoms with E-state index in [-0.39, 0.29) is 11.4 Å². The average molecular weight is 252 g/mol. The van der Waals surface area contributed by atoms with Crippen molar-refractivity contribution in [3.63, 3.8) is 0 Å². The van der Waals surface area contributed by atoms with E-state index in [4.69, 9.17) is 0 Å². The van der Waals surface area contributed by atoms with Crippen LogP contribution in [0.5, 0.6) is 0 Å². The number of hydrogen-bond donors (Lipinski definition) is 0. The number of alkyl halides is 2. The molecule has 0 amide bonds. The minimum atomic E-state index is -2.54. The van der Waals surface area contributed by atoms with E-state index in [2.05, 4.69) is 21.6 Å². The first-order chi connectivity index (χ1) is 8.72. The molecule has 0 spiro atoms. The van der Waals surface area contributed by atoms with Gasteiger partial charge in [-0.3, -0.25) is 0 Å². The molecule has 0 atom stereocenters. The maximum Gasteiger partial charge on any atom is 0.264 e. The minimum Gasteiger partial charge on any atom is -0.342 e. The molecule has 0 saturated carbocycles. The molecule has 1 aromatic carbocycles. The van der Waals surface area contributed by atoms with E-state index < -0.39 is 6.43 Å². The van der Waals surface area contributed by atoms with E-state index in [1.54, 1.807) is 6.07 Å². The van der Waals surface area contributed by atoms with Crippen molar-refractivity contribution >= 4 is 0 Å². The lowest BCUT2D eigenvalue weighted by Crippen LogP contribution is -1.95. The first-order valence-corrected chi connectivity index (χ1v) is 5.90. The summed E-state index contributed by atoms with van der Waals surface area (Å²) in [6, 6.07) is 5.01. The highest BCUT2D eigenvalue weighted by atomic mass is 19.3. The summed E-state index contributed by atoms with van der Waals surface area (Å²) in [6.07, 6.45) is 1.43. The van der Waals surface area contributed by atoms with Crippen molar-refractivity contribution in [3.05, 3.63) is 35.7 Å². The van der Waals surface area contributed by atoms with Crippen LogP contribution in [0.2, 0.25) is 0 Å². The maximum atomic E-state index is 13.0. The largest absolute Gasteiger partial charge is 0.342 e. The lowest BCUT2D eigenvalue weighted by Gasteiger charge is -2.08. The SMILES string of the molecule is CCCCc1ccc(-c2ncon2)c(C(F)F)c1. The first kappa shape index (κ1) is 12.7. The molecule has 2 rings (SSSR count). The average Bonchev–Trinajstić information content (AvgIpc) is 2.89. The molecule has 1 aromatic heterocycles. The van der Waals surface area contributed by atoms with Crippen LogP contribution in [-0.4, -0.2) is 10.1 Å². The van der Waals surface area contributed by atoms with Gasteiger partial charge in [0.1, 0.15) is 0 Å². The number of rotatable bonds is 5. The molecule has 5 heteroatoms. The molecule has 0 bridgehead atoms. The number of unbranched alkanes of at least 4 members (excludes halogenated alkanes) is 1. The second kappa shape index (κ2) is 5.71. The van der Waals surface area contributed by atoms with Crippen LogP contribution >= 0.6 is 0 Å². The highest BCUT2D eigenvalue weighted by Crippen LogP contribution is 2.30. The molecule has 0 saturated heterocycles. The predicted molar refractivity (Wildman–Crippen MR) is 63.3 cm³/mol. The Morgan fingerprint density at radius 2 is 2.17 bits per heavy atom. The third kappa shape index (κ3) is 2.72. The van der Waals surface area contributed by atoms with Gasteiger partial charge in [-0.15, -0.1) is 0 Å².